The lowest BCUT2D eigenvalue weighted by Crippen LogP contribution is -2.12. The number of nitrogens with zero attached hydrogens (tertiary/aromatic N) is 1. The van der Waals surface area contributed by atoms with E-state index < -0.39 is 0 Å². The second-order valence-electron chi connectivity index (χ2n) is 3.98. The van der Waals surface area contributed by atoms with Crippen LogP contribution in [-0.2, 0) is 4.74 Å². The van der Waals surface area contributed by atoms with Gasteiger partial charge in [0.15, 0.2) is 5.78 Å². The van der Waals surface area contributed by atoms with Crippen LogP contribution < -0.4 is 4.74 Å². The van der Waals surface area contributed by atoms with E-state index in [1.807, 2.05) is 0 Å². The number of ketones is 1. The lowest BCUT2D eigenvalue weighted by Gasteiger charge is -2.09. The number of Topliss-reactive ketones (excluding diaryl/α,β-unsaturated/α-hetero) is 1. The molecule has 1 aromatic rings. The number of carbonyl (C=O) groups excluding carboxylic acids is 1. The molecule has 0 spiro atoms. The van der Waals surface area contributed by atoms with Gasteiger partial charge in [0.2, 0.25) is 5.88 Å². The third-order valence-corrected chi connectivity index (χ3v) is 2.63. The Morgan fingerprint density at radius 2 is 2.56 bits per heavy atom. The highest BCUT2D eigenvalue weighted by Gasteiger charge is 2.16. The predicted octanol–water partition coefficient (Wildman–Crippen LogP) is 1.70. The van der Waals surface area contributed by atoms with E-state index in [9.17, 15) is 4.79 Å². The number of carbonyl (C=O) groups is 1. The van der Waals surface area contributed by atoms with Gasteiger partial charge in [0.05, 0.1) is 13.2 Å². The van der Waals surface area contributed by atoms with Crippen molar-refractivity contribution in [2.75, 3.05) is 19.8 Å². The van der Waals surface area contributed by atoms with Gasteiger partial charge in [-0.2, -0.15) is 0 Å². The van der Waals surface area contributed by atoms with Gasteiger partial charge in [0, 0.05) is 30.4 Å². The predicted molar refractivity (Wildman–Crippen MR) is 58.7 cm³/mol. The highest BCUT2D eigenvalue weighted by molar-refractivity contribution is 5.94. The highest BCUT2D eigenvalue weighted by Crippen LogP contribution is 2.15. The summed E-state index contributed by atoms with van der Waals surface area (Å²) in [6.45, 7) is 3.71. The molecule has 0 N–H and O–H groups in total. The van der Waals surface area contributed by atoms with Crippen molar-refractivity contribution >= 4 is 5.78 Å². The van der Waals surface area contributed by atoms with Gasteiger partial charge in [-0.1, -0.05) is 0 Å². The van der Waals surface area contributed by atoms with Gasteiger partial charge in [-0.05, 0) is 19.4 Å². The molecule has 1 aliphatic heterocycles. The zero-order valence-electron chi connectivity index (χ0n) is 9.31. The van der Waals surface area contributed by atoms with Crippen LogP contribution >= 0.6 is 0 Å². The van der Waals surface area contributed by atoms with Crippen molar-refractivity contribution in [3.63, 3.8) is 0 Å². The fourth-order valence-electron chi connectivity index (χ4n) is 1.63. The quantitative estimate of drug-likeness (QED) is 0.726. The lowest BCUT2D eigenvalue weighted by atomic mass is 10.1. The van der Waals surface area contributed by atoms with Crippen molar-refractivity contribution in [2.45, 2.75) is 13.3 Å². The van der Waals surface area contributed by atoms with Crippen molar-refractivity contribution < 1.29 is 14.3 Å². The lowest BCUT2D eigenvalue weighted by molar-refractivity contribution is 0.101. The van der Waals surface area contributed by atoms with Crippen molar-refractivity contribution in [1.82, 2.24) is 4.98 Å². The van der Waals surface area contributed by atoms with Crippen molar-refractivity contribution in [3.8, 4) is 5.88 Å². The Bertz CT molecular complexity index is 372. The van der Waals surface area contributed by atoms with Crippen LogP contribution in [-0.4, -0.2) is 30.6 Å². The number of ether oxygens (including phenoxy) is 2. The maximum absolute atomic E-state index is 11.2. The molecule has 1 aliphatic rings. The average molecular weight is 221 g/mol. The molecule has 0 amide bonds. The van der Waals surface area contributed by atoms with Crippen molar-refractivity contribution in [2.24, 2.45) is 5.92 Å². The molecule has 4 heteroatoms. The summed E-state index contributed by atoms with van der Waals surface area (Å²) in [5.74, 6) is 0.985. The number of hydrogen-bond acceptors (Lipinski definition) is 4. The molecular formula is C12H15NO3. The average Bonchev–Trinajstić information content (AvgIpc) is 2.79. The molecular weight excluding hydrogens is 206 g/mol. The van der Waals surface area contributed by atoms with E-state index in [0.29, 0.717) is 24.0 Å². The zero-order chi connectivity index (χ0) is 11.4. The Balaban J connectivity index is 1.93. The zero-order valence-corrected chi connectivity index (χ0v) is 9.31. The third-order valence-electron chi connectivity index (χ3n) is 2.63. The van der Waals surface area contributed by atoms with Crippen LogP contribution in [0, 0.1) is 5.92 Å². The van der Waals surface area contributed by atoms with E-state index >= 15 is 0 Å². The Hall–Kier alpha value is -1.42. The molecule has 1 unspecified atom stereocenters. The molecule has 2 heterocycles. The standard InChI is InChI=1S/C12H15NO3/c1-9(14)11-2-4-13-12(6-11)16-8-10-3-5-15-7-10/h2,4,6,10H,3,5,7-8H2,1H3. The normalized spacial score (nSPS) is 19.7. The first-order chi connectivity index (χ1) is 7.75. The third kappa shape index (κ3) is 2.79. The van der Waals surface area contributed by atoms with E-state index in [1.165, 1.54) is 6.92 Å². The monoisotopic (exact) mass is 221 g/mol. The second-order valence-corrected chi connectivity index (χ2v) is 3.98. The number of hydrogen-bond donors (Lipinski definition) is 0. The van der Waals surface area contributed by atoms with Gasteiger partial charge in [-0.25, -0.2) is 4.98 Å². The number of rotatable bonds is 4. The topological polar surface area (TPSA) is 48.4 Å². The molecule has 1 fully saturated rings. The van der Waals surface area contributed by atoms with Gasteiger partial charge >= 0.3 is 0 Å². The minimum Gasteiger partial charge on any atom is -0.477 e. The van der Waals surface area contributed by atoms with Crippen LogP contribution in [0.2, 0.25) is 0 Å². The minimum atomic E-state index is 0.0245. The van der Waals surface area contributed by atoms with Crippen LogP contribution in [0.25, 0.3) is 0 Å². The van der Waals surface area contributed by atoms with Gasteiger partial charge in [-0.15, -0.1) is 0 Å². The molecule has 0 aliphatic carbocycles. The Morgan fingerprint density at radius 3 is 3.25 bits per heavy atom. The molecule has 2 rings (SSSR count). The molecule has 86 valence electrons. The molecule has 0 radical (unpaired) electrons. The fraction of sp³-hybridized carbons (Fsp3) is 0.500. The maximum Gasteiger partial charge on any atom is 0.213 e. The van der Waals surface area contributed by atoms with Crippen LogP contribution in [0.15, 0.2) is 18.3 Å². The smallest absolute Gasteiger partial charge is 0.213 e. The SMILES string of the molecule is CC(=O)c1ccnc(OCC2CCOC2)c1. The Kier molecular flexibility index (Phi) is 3.51. The van der Waals surface area contributed by atoms with Gasteiger partial charge in [0.1, 0.15) is 0 Å². The van der Waals surface area contributed by atoms with Gasteiger partial charge in [-0.3, -0.25) is 4.79 Å². The Labute approximate surface area is 94.6 Å². The molecule has 0 saturated carbocycles. The van der Waals surface area contributed by atoms with Crippen molar-refractivity contribution in [3.05, 3.63) is 23.9 Å². The van der Waals surface area contributed by atoms with Crippen molar-refractivity contribution in [1.29, 1.82) is 0 Å². The second kappa shape index (κ2) is 5.07. The Morgan fingerprint density at radius 1 is 1.69 bits per heavy atom. The highest BCUT2D eigenvalue weighted by atomic mass is 16.5. The molecule has 1 atom stereocenters. The summed E-state index contributed by atoms with van der Waals surface area (Å²) in [5.41, 5.74) is 0.632. The molecule has 0 bridgehead atoms. The number of pyridine rings is 1. The van der Waals surface area contributed by atoms with Gasteiger partial charge < -0.3 is 9.47 Å². The summed E-state index contributed by atoms with van der Waals surface area (Å²) >= 11 is 0. The minimum absolute atomic E-state index is 0.0245. The van der Waals surface area contributed by atoms with Crippen LogP contribution in [0.5, 0.6) is 5.88 Å². The van der Waals surface area contributed by atoms with E-state index in [4.69, 9.17) is 9.47 Å². The summed E-state index contributed by atoms with van der Waals surface area (Å²) in [5, 5.41) is 0. The first-order valence-electron chi connectivity index (χ1n) is 5.43. The van der Waals surface area contributed by atoms with Crippen LogP contribution in [0.3, 0.4) is 0 Å². The van der Waals surface area contributed by atoms with E-state index in [1.54, 1.807) is 18.3 Å². The summed E-state index contributed by atoms with van der Waals surface area (Å²) in [6, 6.07) is 3.37. The maximum atomic E-state index is 11.2. The molecule has 0 aromatic carbocycles. The summed E-state index contributed by atoms with van der Waals surface area (Å²) in [4.78, 5) is 15.2. The fourth-order valence-corrected chi connectivity index (χ4v) is 1.63. The van der Waals surface area contributed by atoms with Crippen LogP contribution in [0.1, 0.15) is 23.7 Å². The van der Waals surface area contributed by atoms with E-state index in [-0.39, 0.29) is 5.78 Å². The summed E-state index contributed by atoms with van der Waals surface area (Å²) in [7, 11) is 0. The first-order valence-corrected chi connectivity index (χ1v) is 5.43. The first kappa shape index (κ1) is 11.1. The van der Waals surface area contributed by atoms with Crippen LogP contribution in [0.4, 0.5) is 0 Å². The molecule has 1 aromatic heterocycles. The van der Waals surface area contributed by atoms with E-state index in [2.05, 4.69) is 4.98 Å². The largest absolute Gasteiger partial charge is 0.477 e. The summed E-state index contributed by atoms with van der Waals surface area (Å²) < 4.78 is 10.8. The molecule has 1 saturated heterocycles. The van der Waals surface area contributed by atoms with Gasteiger partial charge in [0.25, 0.3) is 0 Å². The summed E-state index contributed by atoms with van der Waals surface area (Å²) in [6.07, 6.45) is 2.63. The number of aromatic nitrogens is 1. The molecule has 16 heavy (non-hydrogen) atoms. The van der Waals surface area contributed by atoms with E-state index in [0.717, 1.165) is 19.6 Å². The molecule has 4 nitrogen and oxygen atoms in total.